The van der Waals surface area contributed by atoms with Gasteiger partial charge in [-0.1, -0.05) is 24.3 Å². The normalized spacial score (nSPS) is 18.7. The molecule has 0 radical (unpaired) electrons. The summed E-state index contributed by atoms with van der Waals surface area (Å²) in [7, 11) is 0. The van der Waals surface area contributed by atoms with E-state index in [4.69, 9.17) is 0 Å². The molecule has 2 saturated heterocycles. The number of nitrogens with one attached hydrogen (secondary N) is 6. The van der Waals surface area contributed by atoms with E-state index in [-0.39, 0.29) is 136 Å². The van der Waals surface area contributed by atoms with Crippen LogP contribution in [-0.2, 0) is 13.1 Å². The van der Waals surface area contributed by atoms with Crippen LogP contribution in [0.4, 0.5) is 0 Å². The van der Waals surface area contributed by atoms with Gasteiger partial charge in [0.1, 0.15) is 0 Å². The van der Waals surface area contributed by atoms with Gasteiger partial charge in [0, 0.05) is 65.4 Å². The fourth-order valence-electron chi connectivity index (χ4n) is 4.97. The Morgan fingerprint density at radius 1 is 0.341 bits per heavy atom. The maximum atomic E-state index is 3.57. The number of halogens is 8. The molecule has 16 heteroatoms. The molecule has 0 atom stereocenters. The summed E-state index contributed by atoms with van der Waals surface area (Å²) in [5.74, 6) is 0. The molecule has 2 aliphatic heterocycles. The van der Waals surface area contributed by atoms with E-state index in [0.717, 1.165) is 118 Å². The highest BCUT2D eigenvalue weighted by atomic mass is 79.9. The fourth-order valence-corrected chi connectivity index (χ4v) is 4.97. The highest BCUT2D eigenvalue weighted by Gasteiger charge is 2.09. The second kappa shape index (κ2) is 41.9. The largest absolute Gasteiger partial charge is 0.315 e. The molecule has 8 nitrogen and oxygen atoms in total. The number of nitrogens with zero attached hydrogens (tertiary/aromatic N) is 2. The molecule has 2 aliphatic rings. The highest BCUT2D eigenvalue weighted by Crippen LogP contribution is 2.11. The lowest BCUT2D eigenvalue weighted by atomic mass is 10.1. The first-order valence-corrected chi connectivity index (χ1v) is 14.7. The van der Waals surface area contributed by atoms with Gasteiger partial charge in [0.15, 0.2) is 0 Å². The molecular formula is C28H62Br8N8. The van der Waals surface area contributed by atoms with Gasteiger partial charge in [-0.05, 0) is 89.2 Å². The third-order valence-corrected chi connectivity index (χ3v) is 7.06. The molecule has 3 rings (SSSR count). The Kier molecular flexibility index (Phi) is 56.1. The van der Waals surface area contributed by atoms with Crippen LogP contribution in [-0.4, -0.2) is 115 Å². The van der Waals surface area contributed by atoms with Gasteiger partial charge in [-0.15, -0.1) is 136 Å². The van der Waals surface area contributed by atoms with Crippen LogP contribution in [0.3, 0.4) is 0 Å². The van der Waals surface area contributed by atoms with E-state index in [1.165, 1.54) is 36.8 Å². The molecule has 0 unspecified atom stereocenters. The first kappa shape index (κ1) is 58.9. The first-order valence-electron chi connectivity index (χ1n) is 14.7. The maximum absolute atomic E-state index is 3.57. The summed E-state index contributed by atoms with van der Waals surface area (Å²) in [6.45, 7) is 19.6. The molecular weight excluding hydrogens is 1090 g/mol. The summed E-state index contributed by atoms with van der Waals surface area (Å²) < 4.78 is 0. The Balaban J connectivity index is -0.000000451. The predicted octanol–water partition coefficient (Wildman–Crippen LogP) is 5.04. The molecule has 1 aromatic carbocycles. The van der Waals surface area contributed by atoms with Crippen molar-refractivity contribution in [2.75, 3.05) is 105 Å². The quantitative estimate of drug-likeness (QED) is 0.251. The SMILES string of the molecule is Br.Br.Br.Br.Br.Br.Br.Br.c1cc(CN2CCCNCCNCCNCCC2)ccc1CN1CCCNCCNCCNCCC1. The summed E-state index contributed by atoms with van der Waals surface area (Å²) in [6, 6.07) is 9.46. The molecule has 270 valence electrons. The zero-order valence-electron chi connectivity index (χ0n) is 26.0. The van der Waals surface area contributed by atoms with Gasteiger partial charge in [0.2, 0.25) is 0 Å². The van der Waals surface area contributed by atoms with Crippen LogP contribution >= 0.6 is 136 Å². The van der Waals surface area contributed by atoms with Gasteiger partial charge in [0.25, 0.3) is 0 Å². The molecule has 0 spiro atoms. The topological polar surface area (TPSA) is 78.7 Å². The van der Waals surface area contributed by atoms with Gasteiger partial charge in [-0.3, -0.25) is 9.80 Å². The number of rotatable bonds is 4. The van der Waals surface area contributed by atoms with Crippen LogP contribution in [0.5, 0.6) is 0 Å². The number of hydrogen-bond acceptors (Lipinski definition) is 8. The predicted molar refractivity (Wildman–Crippen MR) is 235 cm³/mol. The average molecular weight is 1150 g/mol. The minimum atomic E-state index is 0. The van der Waals surface area contributed by atoms with Crippen LogP contribution in [0.15, 0.2) is 24.3 Å². The lowest BCUT2D eigenvalue weighted by Gasteiger charge is -2.24. The Bertz CT molecular complexity index is 588. The Labute approximate surface area is 352 Å². The Morgan fingerprint density at radius 2 is 0.545 bits per heavy atom. The van der Waals surface area contributed by atoms with Gasteiger partial charge >= 0.3 is 0 Å². The maximum Gasteiger partial charge on any atom is 0.0233 e. The summed E-state index contributed by atoms with van der Waals surface area (Å²) in [4.78, 5) is 5.28. The summed E-state index contributed by atoms with van der Waals surface area (Å²) in [5.41, 5.74) is 2.88. The summed E-state index contributed by atoms with van der Waals surface area (Å²) >= 11 is 0. The average Bonchev–Trinajstić information content (AvgIpc) is 2.89. The van der Waals surface area contributed by atoms with E-state index in [1.54, 1.807) is 0 Å². The molecule has 0 aliphatic carbocycles. The van der Waals surface area contributed by atoms with Gasteiger partial charge in [-0.2, -0.15) is 0 Å². The van der Waals surface area contributed by atoms with Crippen molar-refractivity contribution in [3.8, 4) is 0 Å². The molecule has 6 N–H and O–H groups in total. The monoisotopic (exact) mass is 1140 g/mol. The van der Waals surface area contributed by atoms with Crippen molar-refractivity contribution in [3.63, 3.8) is 0 Å². The molecule has 0 saturated carbocycles. The smallest absolute Gasteiger partial charge is 0.0233 e. The summed E-state index contributed by atoms with van der Waals surface area (Å²) in [6.07, 6.45) is 4.84. The van der Waals surface area contributed by atoms with Crippen LogP contribution in [0.25, 0.3) is 0 Å². The van der Waals surface area contributed by atoms with Gasteiger partial charge in [0.05, 0.1) is 0 Å². The van der Waals surface area contributed by atoms with Crippen molar-refractivity contribution in [1.82, 2.24) is 41.7 Å². The van der Waals surface area contributed by atoms with Crippen molar-refractivity contribution in [2.24, 2.45) is 0 Å². The molecule has 2 heterocycles. The van der Waals surface area contributed by atoms with Crippen molar-refractivity contribution in [2.45, 2.75) is 38.8 Å². The molecule has 0 aromatic heterocycles. The van der Waals surface area contributed by atoms with E-state index in [9.17, 15) is 0 Å². The van der Waals surface area contributed by atoms with Crippen molar-refractivity contribution < 1.29 is 0 Å². The van der Waals surface area contributed by atoms with Crippen LogP contribution in [0.2, 0.25) is 0 Å². The molecule has 0 amide bonds. The third-order valence-electron chi connectivity index (χ3n) is 7.06. The molecule has 2 fully saturated rings. The Hall–Kier alpha value is 2.74. The van der Waals surface area contributed by atoms with E-state index in [2.05, 4.69) is 66.0 Å². The van der Waals surface area contributed by atoms with Crippen LogP contribution in [0.1, 0.15) is 36.8 Å². The zero-order valence-corrected chi connectivity index (χ0v) is 39.7. The molecule has 44 heavy (non-hydrogen) atoms. The van der Waals surface area contributed by atoms with Crippen LogP contribution in [0, 0.1) is 0 Å². The number of hydrogen-bond donors (Lipinski definition) is 6. The minimum Gasteiger partial charge on any atom is -0.315 e. The van der Waals surface area contributed by atoms with Gasteiger partial charge in [-0.25, -0.2) is 0 Å². The van der Waals surface area contributed by atoms with E-state index in [0.29, 0.717) is 0 Å². The van der Waals surface area contributed by atoms with Crippen molar-refractivity contribution in [1.29, 1.82) is 0 Å². The zero-order chi connectivity index (χ0) is 24.9. The molecule has 0 bridgehead atoms. The standard InChI is InChI=1S/C28H54N8.8BrH/c1-9-29-13-17-33-18-14-30-10-2-22-35(21-1)25-27-5-7-28(8-6-27)26-36-23-3-11-31-15-19-34-20-16-32-12-4-24-36;;;;;;;;/h5-8,29-34H,1-4,9-26H2;8*1H. The van der Waals surface area contributed by atoms with E-state index in [1.807, 2.05) is 0 Å². The van der Waals surface area contributed by atoms with Crippen molar-refractivity contribution in [3.05, 3.63) is 35.4 Å². The third kappa shape index (κ3) is 30.8. The second-order valence-corrected chi connectivity index (χ2v) is 10.3. The van der Waals surface area contributed by atoms with E-state index < -0.39 is 0 Å². The van der Waals surface area contributed by atoms with Crippen molar-refractivity contribution >= 4 is 136 Å². The lowest BCUT2D eigenvalue weighted by molar-refractivity contribution is 0.254. The van der Waals surface area contributed by atoms with Crippen LogP contribution < -0.4 is 31.9 Å². The second-order valence-electron chi connectivity index (χ2n) is 10.3. The van der Waals surface area contributed by atoms with Gasteiger partial charge < -0.3 is 31.9 Å². The Morgan fingerprint density at radius 3 is 0.773 bits per heavy atom. The summed E-state index contributed by atoms with van der Waals surface area (Å²) in [5, 5.41) is 21.3. The van der Waals surface area contributed by atoms with E-state index >= 15 is 0 Å². The molecule has 1 aromatic rings. The minimum absolute atomic E-state index is 0. The first-order chi connectivity index (χ1) is 17.9. The number of benzene rings is 1. The fraction of sp³-hybridized carbons (Fsp3) is 0.786. The lowest BCUT2D eigenvalue weighted by Crippen LogP contribution is -2.36. The highest BCUT2D eigenvalue weighted by molar-refractivity contribution is 8.93.